The van der Waals surface area contributed by atoms with E-state index in [1.54, 1.807) is 4.57 Å². The molecular formula is C14H13N5O2. The molecule has 21 heavy (non-hydrogen) atoms. The van der Waals surface area contributed by atoms with Crippen LogP contribution in [0.3, 0.4) is 0 Å². The molecule has 3 aromatic rings. The summed E-state index contributed by atoms with van der Waals surface area (Å²) in [5.74, 6) is 0.0371. The fourth-order valence-corrected chi connectivity index (χ4v) is 3.03. The normalized spacial score (nSPS) is 20.8. The highest BCUT2D eigenvalue weighted by molar-refractivity contribution is 5.71. The molecule has 0 fully saturated rings. The second kappa shape index (κ2) is 4.16. The molecule has 0 spiro atoms. The molecule has 2 aromatic heterocycles. The van der Waals surface area contributed by atoms with E-state index in [1.165, 1.54) is 6.33 Å². The van der Waals surface area contributed by atoms with Crippen LogP contribution in [0.5, 0.6) is 0 Å². The Morgan fingerprint density at radius 3 is 3.05 bits per heavy atom. The van der Waals surface area contributed by atoms with Crippen molar-refractivity contribution in [2.45, 2.75) is 18.6 Å². The van der Waals surface area contributed by atoms with Crippen molar-refractivity contribution in [2.75, 3.05) is 5.73 Å². The Hall–Kier alpha value is -2.67. The molecular weight excluding hydrogens is 270 g/mol. The molecule has 2 heterocycles. The van der Waals surface area contributed by atoms with Gasteiger partial charge in [0.1, 0.15) is 0 Å². The quantitative estimate of drug-likeness (QED) is 0.591. The predicted octanol–water partition coefficient (Wildman–Crippen LogP) is 0.208. The molecule has 0 aliphatic heterocycles. The molecule has 1 aliphatic rings. The third-order valence-corrected chi connectivity index (χ3v) is 3.92. The van der Waals surface area contributed by atoms with Crippen molar-refractivity contribution in [3.63, 3.8) is 0 Å². The van der Waals surface area contributed by atoms with Gasteiger partial charge in [0.25, 0.3) is 5.56 Å². The molecule has 7 nitrogen and oxygen atoms in total. The summed E-state index contributed by atoms with van der Waals surface area (Å²) in [7, 11) is 0. The molecule has 7 heteroatoms. The number of hydrogen-bond donors (Lipinski definition) is 3. The van der Waals surface area contributed by atoms with Gasteiger partial charge in [0.15, 0.2) is 11.2 Å². The minimum atomic E-state index is -0.581. The second-order valence-corrected chi connectivity index (χ2v) is 5.19. The van der Waals surface area contributed by atoms with Gasteiger partial charge in [0, 0.05) is 6.42 Å². The van der Waals surface area contributed by atoms with Crippen molar-refractivity contribution < 1.29 is 5.11 Å². The van der Waals surface area contributed by atoms with Gasteiger partial charge in [-0.25, -0.2) is 4.98 Å². The first kappa shape index (κ1) is 12.1. The number of imidazole rings is 1. The van der Waals surface area contributed by atoms with Gasteiger partial charge in [-0.2, -0.15) is 4.98 Å². The molecule has 4 N–H and O–H groups in total. The summed E-state index contributed by atoms with van der Waals surface area (Å²) in [6.07, 6.45) is 1.52. The van der Waals surface area contributed by atoms with Crippen LogP contribution in [-0.2, 0) is 6.42 Å². The lowest BCUT2D eigenvalue weighted by molar-refractivity contribution is 0.145. The van der Waals surface area contributed by atoms with E-state index in [2.05, 4.69) is 15.0 Å². The Morgan fingerprint density at radius 1 is 1.38 bits per heavy atom. The van der Waals surface area contributed by atoms with Crippen molar-refractivity contribution in [1.82, 2.24) is 19.5 Å². The van der Waals surface area contributed by atoms with Crippen LogP contribution in [0.4, 0.5) is 5.95 Å². The molecule has 1 aromatic carbocycles. The monoisotopic (exact) mass is 283 g/mol. The average molecular weight is 283 g/mol. The van der Waals surface area contributed by atoms with Gasteiger partial charge in [0.2, 0.25) is 5.95 Å². The molecule has 4 rings (SSSR count). The number of benzene rings is 1. The Morgan fingerprint density at radius 2 is 2.19 bits per heavy atom. The van der Waals surface area contributed by atoms with E-state index in [0.717, 1.165) is 11.1 Å². The summed E-state index contributed by atoms with van der Waals surface area (Å²) in [5.41, 5.74) is 7.95. The van der Waals surface area contributed by atoms with Crippen molar-refractivity contribution in [1.29, 1.82) is 0 Å². The van der Waals surface area contributed by atoms with Crippen LogP contribution in [0.2, 0.25) is 0 Å². The van der Waals surface area contributed by atoms with Gasteiger partial charge < -0.3 is 15.4 Å². The van der Waals surface area contributed by atoms with Crippen molar-refractivity contribution in [3.05, 3.63) is 52.1 Å². The fraction of sp³-hybridized carbons (Fsp3) is 0.214. The molecule has 1 aliphatic carbocycles. The average Bonchev–Trinajstić information content (AvgIpc) is 2.98. The molecule has 0 bridgehead atoms. The van der Waals surface area contributed by atoms with Crippen LogP contribution < -0.4 is 11.3 Å². The zero-order valence-corrected chi connectivity index (χ0v) is 11.0. The fourth-order valence-electron chi connectivity index (χ4n) is 3.03. The number of rotatable bonds is 1. The van der Waals surface area contributed by atoms with Crippen LogP contribution >= 0.6 is 0 Å². The maximum absolute atomic E-state index is 11.8. The highest BCUT2D eigenvalue weighted by Gasteiger charge is 2.33. The number of aromatic nitrogens is 4. The largest absolute Gasteiger partial charge is 0.390 e. The number of hydrogen-bond acceptors (Lipinski definition) is 5. The number of nitrogens with two attached hydrogens (primary N) is 1. The lowest BCUT2D eigenvalue weighted by atomic mass is 10.1. The lowest BCUT2D eigenvalue weighted by Crippen LogP contribution is -2.21. The number of anilines is 1. The van der Waals surface area contributed by atoms with Gasteiger partial charge in [-0.1, -0.05) is 24.3 Å². The number of H-pyrrole nitrogens is 1. The highest BCUT2D eigenvalue weighted by Crippen LogP contribution is 2.35. The number of nitrogens with one attached hydrogen (secondary N) is 1. The van der Waals surface area contributed by atoms with E-state index in [9.17, 15) is 9.90 Å². The number of nitrogen functional groups attached to an aromatic ring is 1. The minimum Gasteiger partial charge on any atom is -0.390 e. The zero-order valence-electron chi connectivity index (χ0n) is 11.0. The first-order valence-electron chi connectivity index (χ1n) is 6.63. The summed E-state index contributed by atoms with van der Waals surface area (Å²) < 4.78 is 1.72. The smallest absolute Gasteiger partial charge is 0.280 e. The molecule has 0 saturated carbocycles. The third kappa shape index (κ3) is 1.67. The van der Waals surface area contributed by atoms with Gasteiger partial charge in [-0.3, -0.25) is 9.78 Å². The maximum atomic E-state index is 11.8. The summed E-state index contributed by atoms with van der Waals surface area (Å²) >= 11 is 0. The molecule has 0 radical (unpaired) electrons. The minimum absolute atomic E-state index is 0.0371. The van der Waals surface area contributed by atoms with Gasteiger partial charge in [-0.15, -0.1) is 0 Å². The van der Waals surface area contributed by atoms with Crippen molar-refractivity contribution in [3.8, 4) is 0 Å². The lowest BCUT2D eigenvalue weighted by Gasteiger charge is -2.18. The molecule has 0 amide bonds. The topological polar surface area (TPSA) is 110 Å². The zero-order chi connectivity index (χ0) is 14.6. The first-order valence-corrected chi connectivity index (χ1v) is 6.63. The van der Waals surface area contributed by atoms with E-state index < -0.39 is 6.10 Å². The van der Waals surface area contributed by atoms with Crippen LogP contribution in [0.15, 0.2) is 35.4 Å². The Bertz CT molecular complexity index is 898. The molecule has 106 valence electrons. The van der Waals surface area contributed by atoms with Crippen LogP contribution in [0.1, 0.15) is 17.2 Å². The van der Waals surface area contributed by atoms with Gasteiger partial charge in [-0.05, 0) is 11.1 Å². The van der Waals surface area contributed by atoms with E-state index in [0.29, 0.717) is 12.1 Å². The number of nitrogens with zero attached hydrogens (tertiary/aromatic N) is 3. The third-order valence-electron chi connectivity index (χ3n) is 3.92. The van der Waals surface area contributed by atoms with Gasteiger partial charge >= 0.3 is 0 Å². The van der Waals surface area contributed by atoms with Crippen LogP contribution in [0, 0.1) is 0 Å². The van der Waals surface area contributed by atoms with Crippen LogP contribution in [-0.4, -0.2) is 30.7 Å². The highest BCUT2D eigenvalue weighted by atomic mass is 16.3. The van der Waals surface area contributed by atoms with Crippen molar-refractivity contribution in [2.24, 2.45) is 0 Å². The number of aliphatic hydroxyl groups is 1. The summed E-state index contributed by atoms with van der Waals surface area (Å²) in [6.45, 7) is 0. The van der Waals surface area contributed by atoms with Gasteiger partial charge in [0.05, 0.1) is 18.5 Å². The standard InChI is InChI=1S/C14H13N5O2/c15-14-17-12-10(13(21)18-14)16-6-19(12)11-8-4-2-1-3-7(8)5-9(11)20/h1-4,6,9,11,20H,5H2,(H3,15,17,18,21)/t9-,11+/m0/s1. The van der Waals surface area contributed by atoms with E-state index in [1.807, 2.05) is 24.3 Å². The Balaban J connectivity index is 1.97. The molecule has 0 saturated heterocycles. The summed E-state index contributed by atoms with van der Waals surface area (Å²) in [6, 6.07) is 7.53. The SMILES string of the molecule is Nc1nc2c(ncn2[C@@H]2c3ccccc3C[C@@H]2O)c(=O)[nH]1. The Labute approximate surface area is 119 Å². The predicted molar refractivity (Wildman–Crippen MR) is 76.9 cm³/mol. The number of aliphatic hydroxyl groups excluding tert-OH is 1. The molecule has 2 atom stereocenters. The summed E-state index contributed by atoms with van der Waals surface area (Å²) in [5, 5.41) is 10.4. The Kier molecular flexibility index (Phi) is 2.40. The van der Waals surface area contributed by atoms with Crippen molar-refractivity contribution >= 4 is 17.1 Å². The van der Waals surface area contributed by atoms with E-state index in [4.69, 9.17) is 5.73 Å². The number of aromatic amines is 1. The first-order chi connectivity index (χ1) is 10.1. The van der Waals surface area contributed by atoms with E-state index in [-0.39, 0.29) is 23.1 Å². The second-order valence-electron chi connectivity index (χ2n) is 5.19. The molecule has 0 unspecified atom stereocenters. The van der Waals surface area contributed by atoms with E-state index >= 15 is 0 Å². The van der Waals surface area contributed by atoms with Crippen LogP contribution in [0.25, 0.3) is 11.2 Å². The number of fused-ring (bicyclic) bond motifs is 2. The summed E-state index contributed by atoms with van der Waals surface area (Å²) in [4.78, 5) is 22.5. The maximum Gasteiger partial charge on any atom is 0.280 e.